The van der Waals surface area contributed by atoms with Crippen molar-refractivity contribution in [1.82, 2.24) is 0 Å². The van der Waals surface area contributed by atoms with Gasteiger partial charge >= 0.3 is 5.97 Å². The Hall–Kier alpha value is -3.24. The summed E-state index contributed by atoms with van der Waals surface area (Å²) < 4.78 is 16.0. The Balaban J connectivity index is 2.10. The zero-order valence-electron chi connectivity index (χ0n) is 14.9. The second-order valence-corrected chi connectivity index (χ2v) is 7.07. The van der Waals surface area contributed by atoms with Crippen LogP contribution in [0.4, 0.5) is 0 Å². The van der Waals surface area contributed by atoms with Gasteiger partial charge in [0.1, 0.15) is 29.6 Å². The summed E-state index contributed by atoms with van der Waals surface area (Å²) in [6.45, 7) is 5.84. The molecule has 138 valence electrons. The van der Waals surface area contributed by atoms with Crippen molar-refractivity contribution in [3.63, 3.8) is 0 Å². The molecule has 1 aliphatic rings. The Morgan fingerprint density at radius 3 is 2.74 bits per heavy atom. The third-order valence-corrected chi connectivity index (χ3v) is 5.34. The zero-order chi connectivity index (χ0) is 19.6. The lowest BCUT2D eigenvalue weighted by Gasteiger charge is -2.24. The molecule has 0 aliphatic carbocycles. The van der Waals surface area contributed by atoms with Gasteiger partial charge in [0.2, 0.25) is 5.88 Å². The molecule has 7 heteroatoms. The van der Waals surface area contributed by atoms with Crippen LogP contribution in [-0.2, 0) is 4.74 Å². The molecule has 1 aromatic heterocycles. The van der Waals surface area contributed by atoms with E-state index in [4.69, 9.17) is 19.9 Å². The number of rotatable bonds is 5. The lowest BCUT2D eigenvalue weighted by Crippen LogP contribution is -2.21. The van der Waals surface area contributed by atoms with Gasteiger partial charge in [0.15, 0.2) is 5.75 Å². The van der Waals surface area contributed by atoms with Crippen molar-refractivity contribution < 1.29 is 19.0 Å². The molecule has 0 saturated heterocycles. The first-order valence-electron chi connectivity index (χ1n) is 8.14. The number of methoxy groups -OCH3 is 1. The van der Waals surface area contributed by atoms with Gasteiger partial charge in [-0.1, -0.05) is 24.8 Å². The van der Waals surface area contributed by atoms with Gasteiger partial charge in [-0.3, -0.25) is 0 Å². The minimum Gasteiger partial charge on any atom is -0.490 e. The molecular weight excluding hydrogens is 364 g/mol. The Morgan fingerprint density at radius 1 is 1.44 bits per heavy atom. The molecule has 0 fully saturated rings. The standard InChI is InChI=1S/C20H18N2O4S/c1-4-9-25-13-7-5-12(6-8-13)16-14(10-21)19(22)26-17-15(20(23)24-3)11(2)27-18(16)17/h4-8,16H,1,9,22H2,2-3H3/t16-/m1/s1. The monoisotopic (exact) mass is 382 g/mol. The largest absolute Gasteiger partial charge is 0.490 e. The van der Waals surface area contributed by atoms with Crippen LogP contribution in [0.2, 0.25) is 0 Å². The molecule has 2 heterocycles. The number of allylic oxidation sites excluding steroid dienone is 1. The predicted molar refractivity (Wildman–Crippen MR) is 102 cm³/mol. The predicted octanol–water partition coefficient (Wildman–Crippen LogP) is 3.63. The summed E-state index contributed by atoms with van der Waals surface area (Å²) in [5.74, 6) is 0.126. The van der Waals surface area contributed by atoms with E-state index in [1.807, 2.05) is 31.2 Å². The summed E-state index contributed by atoms with van der Waals surface area (Å²) in [6.07, 6.45) is 1.67. The number of nitriles is 1. The molecular formula is C20H18N2O4S. The number of hydrogen-bond acceptors (Lipinski definition) is 7. The summed E-state index contributed by atoms with van der Waals surface area (Å²) in [6, 6.07) is 9.52. The van der Waals surface area contributed by atoms with Crippen LogP contribution in [0, 0.1) is 18.3 Å². The fourth-order valence-corrected chi connectivity index (χ4v) is 4.18. The number of aryl methyl sites for hydroxylation is 1. The number of carbonyl (C=O) groups excluding carboxylic acids is 1. The molecule has 1 aliphatic heterocycles. The number of hydrogen-bond donors (Lipinski definition) is 1. The van der Waals surface area contributed by atoms with Gasteiger partial charge in [-0.15, -0.1) is 11.3 Å². The van der Waals surface area contributed by atoms with Crippen molar-refractivity contribution in [1.29, 1.82) is 5.26 Å². The lowest BCUT2D eigenvalue weighted by molar-refractivity contribution is 0.0597. The van der Waals surface area contributed by atoms with E-state index in [1.54, 1.807) is 6.08 Å². The molecule has 0 bridgehead atoms. The molecule has 0 amide bonds. The van der Waals surface area contributed by atoms with Crippen LogP contribution in [0.15, 0.2) is 48.4 Å². The van der Waals surface area contributed by atoms with Crippen molar-refractivity contribution >= 4 is 17.3 Å². The van der Waals surface area contributed by atoms with Gasteiger partial charge in [-0.05, 0) is 24.6 Å². The normalized spacial score (nSPS) is 15.4. The third kappa shape index (κ3) is 3.27. The number of nitrogens with two attached hydrogens (primary N) is 1. The summed E-state index contributed by atoms with van der Waals surface area (Å²) in [5.41, 5.74) is 7.50. The number of benzene rings is 1. The van der Waals surface area contributed by atoms with E-state index in [2.05, 4.69) is 12.6 Å². The SMILES string of the molecule is C=CCOc1ccc([C@@H]2C(C#N)=C(N)Oc3c2sc(C)c3C(=O)OC)cc1. The number of fused-ring (bicyclic) bond motifs is 1. The molecule has 2 N–H and O–H groups in total. The molecule has 0 spiro atoms. The number of carbonyl (C=O) groups is 1. The molecule has 6 nitrogen and oxygen atoms in total. The first kappa shape index (κ1) is 18.5. The Labute approximate surface area is 161 Å². The Morgan fingerprint density at radius 2 is 2.15 bits per heavy atom. The van der Waals surface area contributed by atoms with E-state index in [9.17, 15) is 10.1 Å². The van der Waals surface area contributed by atoms with Gasteiger partial charge in [0.25, 0.3) is 0 Å². The summed E-state index contributed by atoms with van der Waals surface area (Å²) in [5, 5.41) is 9.63. The van der Waals surface area contributed by atoms with Crippen LogP contribution in [0.3, 0.4) is 0 Å². The maximum atomic E-state index is 12.2. The molecule has 3 rings (SSSR count). The highest BCUT2D eigenvalue weighted by Gasteiger charge is 2.37. The molecule has 0 radical (unpaired) electrons. The quantitative estimate of drug-likeness (QED) is 0.627. The third-order valence-electron chi connectivity index (χ3n) is 4.19. The highest BCUT2D eigenvalue weighted by atomic mass is 32.1. The highest BCUT2D eigenvalue weighted by Crippen LogP contribution is 2.49. The smallest absolute Gasteiger partial charge is 0.342 e. The van der Waals surface area contributed by atoms with E-state index in [-0.39, 0.29) is 5.88 Å². The molecule has 0 saturated carbocycles. The first-order chi connectivity index (χ1) is 13.0. The zero-order valence-corrected chi connectivity index (χ0v) is 15.8. The van der Waals surface area contributed by atoms with Crippen LogP contribution in [0.1, 0.15) is 31.6 Å². The van der Waals surface area contributed by atoms with Gasteiger partial charge in [-0.2, -0.15) is 5.26 Å². The topological polar surface area (TPSA) is 94.6 Å². The van der Waals surface area contributed by atoms with E-state index >= 15 is 0 Å². The minimum absolute atomic E-state index is 0.00932. The van der Waals surface area contributed by atoms with Crippen LogP contribution < -0.4 is 15.2 Å². The lowest BCUT2D eigenvalue weighted by atomic mass is 9.88. The van der Waals surface area contributed by atoms with Crippen molar-refractivity contribution in [2.24, 2.45) is 5.73 Å². The first-order valence-corrected chi connectivity index (χ1v) is 8.96. The van der Waals surface area contributed by atoms with E-state index in [1.165, 1.54) is 18.4 Å². The molecule has 0 unspecified atom stereocenters. The fourth-order valence-electron chi connectivity index (χ4n) is 2.96. The molecule has 1 atom stereocenters. The van der Waals surface area contributed by atoms with E-state index in [0.717, 1.165) is 15.3 Å². The van der Waals surface area contributed by atoms with Crippen molar-refractivity contribution in [2.75, 3.05) is 13.7 Å². The van der Waals surface area contributed by atoms with Gasteiger partial charge < -0.3 is 19.9 Å². The van der Waals surface area contributed by atoms with Crippen LogP contribution in [0.5, 0.6) is 11.5 Å². The van der Waals surface area contributed by atoms with Crippen LogP contribution in [0.25, 0.3) is 0 Å². The molecule has 1 aromatic carbocycles. The average Bonchev–Trinajstić information content (AvgIpc) is 3.00. The number of nitrogens with zero attached hydrogens (tertiary/aromatic N) is 1. The summed E-state index contributed by atoms with van der Waals surface area (Å²) in [7, 11) is 1.31. The number of thiophene rings is 1. The second kappa shape index (κ2) is 7.56. The van der Waals surface area contributed by atoms with Crippen molar-refractivity contribution in [2.45, 2.75) is 12.8 Å². The van der Waals surface area contributed by atoms with E-state index < -0.39 is 11.9 Å². The number of esters is 1. The van der Waals surface area contributed by atoms with Crippen LogP contribution in [-0.4, -0.2) is 19.7 Å². The molecule has 2 aromatic rings. The minimum atomic E-state index is -0.495. The van der Waals surface area contributed by atoms with Gasteiger partial charge in [-0.25, -0.2) is 4.79 Å². The number of ether oxygens (including phenoxy) is 3. The Bertz CT molecular complexity index is 967. The fraction of sp³-hybridized carbons (Fsp3) is 0.200. The Kier molecular flexibility index (Phi) is 5.19. The maximum Gasteiger partial charge on any atom is 0.342 e. The summed E-state index contributed by atoms with van der Waals surface area (Å²) in [4.78, 5) is 13.7. The maximum absolute atomic E-state index is 12.2. The average molecular weight is 382 g/mol. The van der Waals surface area contributed by atoms with Crippen molar-refractivity contribution in [3.05, 3.63) is 69.3 Å². The highest BCUT2D eigenvalue weighted by molar-refractivity contribution is 7.12. The summed E-state index contributed by atoms with van der Waals surface area (Å²) >= 11 is 1.39. The van der Waals surface area contributed by atoms with Gasteiger partial charge in [0, 0.05) is 4.88 Å². The van der Waals surface area contributed by atoms with E-state index in [0.29, 0.717) is 29.2 Å². The van der Waals surface area contributed by atoms with Crippen LogP contribution >= 0.6 is 11.3 Å². The van der Waals surface area contributed by atoms with Crippen molar-refractivity contribution in [3.8, 4) is 17.6 Å². The van der Waals surface area contributed by atoms with Gasteiger partial charge in [0.05, 0.1) is 17.9 Å². The second-order valence-electron chi connectivity index (χ2n) is 5.81. The molecule has 27 heavy (non-hydrogen) atoms.